The van der Waals surface area contributed by atoms with Gasteiger partial charge < -0.3 is 11.5 Å². The molecule has 5 heteroatoms. The highest BCUT2D eigenvalue weighted by Crippen LogP contribution is 2.26. The fourth-order valence-corrected chi connectivity index (χ4v) is 2.51. The minimum absolute atomic E-state index is 0.0138. The molecule has 0 aromatic carbocycles. The molecule has 0 atom stereocenters. The smallest absolute Gasteiger partial charge is 0.211 e. The summed E-state index contributed by atoms with van der Waals surface area (Å²) in [4.78, 5) is 1.39. The molecule has 4 N–H and O–H groups in total. The molecule has 1 aliphatic carbocycles. The lowest BCUT2D eigenvalue weighted by atomic mass is 9.97. The van der Waals surface area contributed by atoms with E-state index in [1.165, 1.54) is 10.4 Å². The highest BCUT2D eigenvalue weighted by Gasteiger charge is 2.16. The third kappa shape index (κ3) is 1.77. The van der Waals surface area contributed by atoms with Crippen LogP contribution >= 0.6 is 11.3 Å². The Labute approximate surface area is 86.3 Å². The number of hydrogen-bond donors (Lipinski definition) is 2. The van der Waals surface area contributed by atoms with Gasteiger partial charge in [0.2, 0.25) is 5.96 Å². The molecule has 1 aromatic rings. The Bertz CT molecular complexity index is 387. The number of nitrogens with zero attached hydrogens (tertiary/aromatic N) is 2. The quantitative estimate of drug-likeness (QED) is 0.411. The molecule has 0 saturated heterocycles. The van der Waals surface area contributed by atoms with Gasteiger partial charge in [0.1, 0.15) is 0 Å². The Kier molecular flexibility index (Phi) is 2.49. The van der Waals surface area contributed by atoms with Crippen molar-refractivity contribution in [2.45, 2.75) is 19.3 Å². The summed E-state index contributed by atoms with van der Waals surface area (Å²) in [7, 11) is 0. The van der Waals surface area contributed by atoms with E-state index in [4.69, 9.17) is 11.5 Å². The van der Waals surface area contributed by atoms with E-state index in [-0.39, 0.29) is 5.96 Å². The van der Waals surface area contributed by atoms with E-state index in [2.05, 4.69) is 21.6 Å². The van der Waals surface area contributed by atoms with Gasteiger partial charge in [-0.15, -0.1) is 16.4 Å². The van der Waals surface area contributed by atoms with Crippen LogP contribution in [0.15, 0.2) is 21.6 Å². The number of aryl methyl sites for hydroxylation is 1. The van der Waals surface area contributed by atoms with Crippen LogP contribution in [0.4, 0.5) is 0 Å². The molecular formula is C9H12N4S. The van der Waals surface area contributed by atoms with Crippen LogP contribution in [0, 0.1) is 0 Å². The summed E-state index contributed by atoms with van der Waals surface area (Å²) in [6.07, 6.45) is 3.24. The molecule has 14 heavy (non-hydrogen) atoms. The van der Waals surface area contributed by atoms with Crippen LogP contribution in [-0.2, 0) is 6.42 Å². The van der Waals surface area contributed by atoms with Crippen molar-refractivity contribution >= 4 is 23.0 Å². The summed E-state index contributed by atoms with van der Waals surface area (Å²) < 4.78 is 0. The van der Waals surface area contributed by atoms with Crippen LogP contribution in [0.2, 0.25) is 0 Å². The summed E-state index contributed by atoms with van der Waals surface area (Å²) in [6.45, 7) is 0. The zero-order valence-electron chi connectivity index (χ0n) is 7.73. The van der Waals surface area contributed by atoms with Crippen molar-refractivity contribution in [1.29, 1.82) is 0 Å². The molecule has 0 amide bonds. The highest BCUT2D eigenvalue weighted by atomic mass is 32.1. The van der Waals surface area contributed by atoms with Gasteiger partial charge in [0, 0.05) is 10.4 Å². The standard InChI is InChI=1S/C9H12N4S/c10-9(11)13-12-7-2-1-3-8-6(7)4-5-14-8/h4-5H,1-3H2,(H4,10,11,13). The normalized spacial score (nSPS) is 17.9. The van der Waals surface area contributed by atoms with E-state index in [0.717, 1.165) is 25.0 Å². The SMILES string of the molecule is NC(N)=NN=C1CCCc2sccc21. The molecule has 0 spiro atoms. The number of hydrogen-bond acceptors (Lipinski definition) is 3. The van der Waals surface area contributed by atoms with Crippen molar-refractivity contribution < 1.29 is 0 Å². The van der Waals surface area contributed by atoms with Gasteiger partial charge in [-0.3, -0.25) is 0 Å². The van der Waals surface area contributed by atoms with Gasteiger partial charge >= 0.3 is 0 Å². The minimum atomic E-state index is 0.0138. The van der Waals surface area contributed by atoms with E-state index < -0.39 is 0 Å². The monoisotopic (exact) mass is 208 g/mol. The van der Waals surface area contributed by atoms with Crippen LogP contribution in [0.25, 0.3) is 0 Å². The first-order valence-corrected chi connectivity index (χ1v) is 5.37. The van der Waals surface area contributed by atoms with Crippen LogP contribution in [0.5, 0.6) is 0 Å². The summed E-state index contributed by atoms with van der Waals surface area (Å²) in [5.41, 5.74) is 12.7. The topological polar surface area (TPSA) is 76.8 Å². The lowest BCUT2D eigenvalue weighted by molar-refractivity contribution is 0.850. The second-order valence-corrected chi connectivity index (χ2v) is 4.18. The van der Waals surface area contributed by atoms with Crippen LogP contribution in [0.3, 0.4) is 0 Å². The van der Waals surface area contributed by atoms with E-state index in [1.54, 1.807) is 11.3 Å². The van der Waals surface area contributed by atoms with Gasteiger partial charge in [-0.2, -0.15) is 5.10 Å². The lowest BCUT2D eigenvalue weighted by Crippen LogP contribution is -2.22. The Morgan fingerprint density at radius 1 is 1.36 bits per heavy atom. The maximum atomic E-state index is 5.23. The molecule has 0 fully saturated rings. The van der Waals surface area contributed by atoms with Gasteiger partial charge in [0.15, 0.2) is 0 Å². The van der Waals surface area contributed by atoms with Crippen molar-refractivity contribution in [1.82, 2.24) is 0 Å². The molecule has 1 heterocycles. The highest BCUT2D eigenvalue weighted by molar-refractivity contribution is 7.10. The Hall–Kier alpha value is -1.36. The third-order valence-electron chi connectivity index (χ3n) is 2.16. The molecule has 0 radical (unpaired) electrons. The average Bonchev–Trinajstić information content (AvgIpc) is 2.62. The average molecular weight is 208 g/mol. The molecular weight excluding hydrogens is 196 g/mol. The van der Waals surface area contributed by atoms with Gasteiger partial charge in [-0.1, -0.05) is 0 Å². The molecule has 4 nitrogen and oxygen atoms in total. The maximum Gasteiger partial charge on any atom is 0.211 e. The first-order valence-electron chi connectivity index (χ1n) is 4.49. The van der Waals surface area contributed by atoms with Crippen LogP contribution in [0.1, 0.15) is 23.3 Å². The van der Waals surface area contributed by atoms with E-state index in [1.807, 2.05) is 0 Å². The summed E-state index contributed by atoms with van der Waals surface area (Å²) >= 11 is 1.77. The summed E-state index contributed by atoms with van der Waals surface area (Å²) in [5, 5.41) is 9.83. The number of nitrogens with two attached hydrogens (primary N) is 2. The lowest BCUT2D eigenvalue weighted by Gasteiger charge is -2.11. The molecule has 0 aliphatic heterocycles. The number of thiophene rings is 1. The number of fused-ring (bicyclic) bond motifs is 1. The first kappa shape index (κ1) is 9.21. The van der Waals surface area contributed by atoms with Gasteiger partial charge in [-0.25, -0.2) is 0 Å². The Balaban J connectivity index is 2.32. The first-order chi connectivity index (χ1) is 6.77. The molecule has 0 saturated carbocycles. The minimum Gasteiger partial charge on any atom is -0.369 e. The molecule has 0 bridgehead atoms. The zero-order chi connectivity index (χ0) is 9.97. The van der Waals surface area contributed by atoms with Crippen molar-refractivity contribution in [3.63, 3.8) is 0 Å². The summed E-state index contributed by atoms with van der Waals surface area (Å²) in [5.74, 6) is 0.0138. The Morgan fingerprint density at radius 3 is 3.00 bits per heavy atom. The van der Waals surface area contributed by atoms with Crippen molar-refractivity contribution in [3.8, 4) is 0 Å². The van der Waals surface area contributed by atoms with Gasteiger partial charge in [0.05, 0.1) is 5.71 Å². The van der Waals surface area contributed by atoms with Gasteiger partial charge in [-0.05, 0) is 30.7 Å². The number of rotatable bonds is 1. The van der Waals surface area contributed by atoms with Crippen LogP contribution in [-0.4, -0.2) is 11.7 Å². The van der Waals surface area contributed by atoms with Crippen molar-refractivity contribution in [2.75, 3.05) is 0 Å². The molecule has 74 valence electrons. The third-order valence-corrected chi connectivity index (χ3v) is 3.14. The van der Waals surface area contributed by atoms with E-state index in [0.29, 0.717) is 0 Å². The Morgan fingerprint density at radius 2 is 2.21 bits per heavy atom. The predicted molar refractivity (Wildman–Crippen MR) is 59.6 cm³/mol. The number of guanidine groups is 1. The maximum absolute atomic E-state index is 5.23. The molecule has 1 aromatic heterocycles. The van der Waals surface area contributed by atoms with Crippen molar-refractivity contribution in [2.24, 2.45) is 21.7 Å². The van der Waals surface area contributed by atoms with E-state index >= 15 is 0 Å². The van der Waals surface area contributed by atoms with Crippen molar-refractivity contribution in [3.05, 3.63) is 21.9 Å². The molecule has 2 rings (SSSR count). The fraction of sp³-hybridized carbons (Fsp3) is 0.333. The summed E-state index contributed by atoms with van der Waals surface area (Å²) in [6, 6.07) is 2.08. The predicted octanol–water partition coefficient (Wildman–Crippen LogP) is 1.06. The fourth-order valence-electron chi connectivity index (χ4n) is 1.56. The van der Waals surface area contributed by atoms with Crippen LogP contribution < -0.4 is 11.5 Å². The molecule has 1 aliphatic rings. The molecule has 0 unspecified atom stereocenters. The zero-order valence-corrected chi connectivity index (χ0v) is 8.55. The second kappa shape index (κ2) is 3.79. The second-order valence-electron chi connectivity index (χ2n) is 3.18. The van der Waals surface area contributed by atoms with Gasteiger partial charge in [0.25, 0.3) is 0 Å². The van der Waals surface area contributed by atoms with E-state index in [9.17, 15) is 0 Å². The largest absolute Gasteiger partial charge is 0.369 e.